The van der Waals surface area contributed by atoms with Gasteiger partial charge in [0.1, 0.15) is 11.5 Å². The quantitative estimate of drug-likeness (QED) is 0.269. The van der Waals surface area contributed by atoms with Crippen LogP contribution >= 0.6 is 0 Å². The molecule has 3 aromatic rings. The van der Waals surface area contributed by atoms with Gasteiger partial charge in [0.2, 0.25) is 5.91 Å². The van der Waals surface area contributed by atoms with Crippen LogP contribution in [0.25, 0.3) is 6.08 Å². The van der Waals surface area contributed by atoms with E-state index in [0.717, 1.165) is 16.8 Å². The minimum absolute atomic E-state index is 0.0930. The highest BCUT2D eigenvalue weighted by Crippen LogP contribution is 2.58. The lowest BCUT2D eigenvalue weighted by molar-refractivity contribution is -0.384. The van der Waals surface area contributed by atoms with Crippen molar-refractivity contribution in [3.05, 3.63) is 105 Å². The SMILES string of the molecule is Cc1ccc2c(c1)C=CC1N2C(C(=O)C(C)(C)C)C(C(=O)c2cccc([N+](=O)[O-])c2)C12C(=O)Nc1ccccc12. The third kappa shape index (κ3) is 3.48. The number of fused-ring (bicyclic) bond motifs is 6. The van der Waals surface area contributed by atoms with E-state index in [1.807, 2.05) is 81.1 Å². The Hall–Kier alpha value is -4.59. The molecule has 1 saturated heterocycles. The number of aryl methyl sites for hydroxylation is 1. The Morgan fingerprint density at radius 2 is 1.77 bits per heavy atom. The van der Waals surface area contributed by atoms with Gasteiger partial charge in [0.05, 0.1) is 16.9 Å². The number of hydrogen-bond donors (Lipinski definition) is 1. The van der Waals surface area contributed by atoms with Gasteiger partial charge < -0.3 is 10.2 Å². The highest BCUT2D eigenvalue weighted by molar-refractivity contribution is 6.17. The molecule has 0 saturated carbocycles. The molecule has 3 aromatic carbocycles. The van der Waals surface area contributed by atoms with Crippen LogP contribution in [-0.2, 0) is 15.0 Å². The average Bonchev–Trinajstić information content (AvgIpc) is 3.39. The first kappa shape index (κ1) is 25.7. The second-order valence-corrected chi connectivity index (χ2v) is 11.9. The summed E-state index contributed by atoms with van der Waals surface area (Å²) in [5, 5.41) is 14.6. The number of carbonyl (C=O) groups excluding carboxylic acids is 3. The van der Waals surface area contributed by atoms with Gasteiger partial charge in [0.25, 0.3) is 5.69 Å². The van der Waals surface area contributed by atoms with Gasteiger partial charge in [-0.3, -0.25) is 24.5 Å². The molecule has 1 fully saturated rings. The van der Waals surface area contributed by atoms with Gasteiger partial charge in [-0.05, 0) is 36.2 Å². The van der Waals surface area contributed by atoms with Crippen LogP contribution in [0.4, 0.5) is 17.1 Å². The number of non-ortho nitro benzene ring substituents is 1. The molecule has 0 radical (unpaired) electrons. The first-order chi connectivity index (χ1) is 19.0. The number of nitro benzene ring substituents is 1. The van der Waals surface area contributed by atoms with Crippen molar-refractivity contribution in [1.29, 1.82) is 0 Å². The molecule has 1 N–H and O–H groups in total. The maximum Gasteiger partial charge on any atom is 0.270 e. The Kier molecular flexibility index (Phi) is 5.59. The molecule has 0 bridgehead atoms. The van der Waals surface area contributed by atoms with Gasteiger partial charge in [-0.2, -0.15) is 0 Å². The van der Waals surface area contributed by atoms with Gasteiger partial charge in [-0.15, -0.1) is 0 Å². The predicted molar refractivity (Wildman–Crippen MR) is 152 cm³/mol. The van der Waals surface area contributed by atoms with Crippen molar-refractivity contribution in [2.24, 2.45) is 11.3 Å². The molecule has 0 aliphatic carbocycles. The summed E-state index contributed by atoms with van der Waals surface area (Å²) in [4.78, 5) is 56.4. The van der Waals surface area contributed by atoms with Crippen molar-refractivity contribution in [3.8, 4) is 0 Å². The van der Waals surface area contributed by atoms with E-state index < -0.39 is 39.5 Å². The number of benzene rings is 3. The maximum atomic E-state index is 14.7. The van der Waals surface area contributed by atoms with E-state index in [4.69, 9.17) is 0 Å². The first-order valence-corrected chi connectivity index (χ1v) is 13.3. The van der Waals surface area contributed by atoms with Gasteiger partial charge >= 0.3 is 0 Å². The van der Waals surface area contributed by atoms with Crippen molar-refractivity contribution in [3.63, 3.8) is 0 Å². The minimum atomic E-state index is -1.44. The summed E-state index contributed by atoms with van der Waals surface area (Å²) in [6.07, 6.45) is 3.88. The fourth-order valence-electron chi connectivity index (χ4n) is 6.69. The molecular weight excluding hydrogens is 506 g/mol. The predicted octanol–water partition coefficient (Wildman–Crippen LogP) is 5.49. The number of anilines is 2. The smallest absolute Gasteiger partial charge is 0.270 e. The zero-order valence-electron chi connectivity index (χ0n) is 22.7. The number of rotatable bonds is 4. The second-order valence-electron chi connectivity index (χ2n) is 11.9. The van der Waals surface area contributed by atoms with Crippen molar-refractivity contribution in [1.82, 2.24) is 0 Å². The molecule has 3 aliphatic heterocycles. The summed E-state index contributed by atoms with van der Waals surface area (Å²) >= 11 is 0. The Balaban J connectivity index is 1.68. The standard InChI is InChI=1S/C32H29N3O5/c1-18-12-14-24-19(16-18)13-15-25-32(22-10-5-6-11-23(22)33-30(32)38)26(27(34(24)25)29(37)31(2,3)4)28(36)20-8-7-9-21(17-20)35(39)40/h5-17,25-27H,1-4H3,(H,33,38). The van der Waals surface area contributed by atoms with E-state index in [1.165, 1.54) is 24.3 Å². The van der Waals surface area contributed by atoms with Crippen molar-refractivity contribution < 1.29 is 19.3 Å². The lowest BCUT2D eigenvalue weighted by Gasteiger charge is -2.38. The Labute approximate surface area is 231 Å². The number of hydrogen-bond acceptors (Lipinski definition) is 6. The number of nitrogens with one attached hydrogen (secondary N) is 1. The van der Waals surface area contributed by atoms with E-state index in [1.54, 1.807) is 6.07 Å². The summed E-state index contributed by atoms with van der Waals surface area (Å²) < 4.78 is 0. The van der Waals surface area contributed by atoms with Gasteiger partial charge in [-0.1, -0.05) is 74.9 Å². The molecule has 202 valence electrons. The third-order valence-electron chi connectivity index (χ3n) is 8.42. The van der Waals surface area contributed by atoms with E-state index in [0.29, 0.717) is 11.3 Å². The molecule has 1 amide bonds. The van der Waals surface area contributed by atoms with Gasteiger partial charge in [0.15, 0.2) is 11.6 Å². The van der Waals surface area contributed by atoms with Crippen molar-refractivity contribution in [2.75, 3.05) is 10.2 Å². The molecule has 3 aliphatic rings. The summed E-state index contributed by atoms with van der Waals surface area (Å²) in [6.45, 7) is 7.41. The number of ketones is 2. The number of nitro groups is 1. The lowest BCUT2D eigenvalue weighted by Crippen LogP contribution is -2.51. The molecule has 0 aromatic heterocycles. The zero-order valence-corrected chi connectivity index (χ0v) is 22.7. The molecular formula is C32H29N3O5. The molecule has 8 nitrogen and oxygen atoms in total. The number of carbonyl (C=O) groups is 3. The van der Waals surface area contributed by atoms with E-state index in [2.05, 4.69) is 5.32 Å². The van der Waals surface area contributed by atoms with Gasteiger partial charge in [0, 0.05) is 34.5 Å². The third-order valence-corrected chi connectivity index (χ3v) is 8.42. The summed E-state index contributed by atoms with van der Waals surface area (Å²) in [7, 11) is 0. The monoisotopic (exact) mass is 535 g/mol. The second kappa shape index (κ2) is 8.71. The number of nitrogens with zero attached hydrogens (tertiary/aromatic N) is 2. The van der Waals surface area contributed by atoms with Crippen LogP contribution in [0.5, 0.6) is 0 Å². The van der Waals surface area contributed by atoms with Crippen LogP contribution in [0.3, 0.4) is 0 Å². The average molecular weight is 536 g/mol. The number of Topliss-reactive ketones (excluding diaryl/α,β-unsaturated/α-hetero) is 2. The maximum absolute atomic E-state index is 14.7. The van der Waals surface area contributed by atoms with Crippen LogP contribution in [0, 0.1) is 28.4 Å². The van der Waals surface area contributed by atoms with E-state index in [-0.39, 0.29) is 22.9 Å². The van der Waals surface area contributed by atoms with Crippen molar-refractivity contribution >= 4 is 40.6 Å². The minimum Gasteiger partial charge on any atom is -0.352 e. The number of para-hydroxylation sites is 1. The molecule has 8 heteroatoms. The van der Waals surface area contributed by atoms with Crippen LogP contribution in [0.2, 0.25) is 0 Å². The Bertz CT molecular complexity index is 1650. The first-order valence-electron chi connectivity index (χ1n) is 13.3. The van der Waals surface area contributed by atoms with Crippen LogP contribution in [-0.4, -0.2) is 34.5 Å². The van der Waals surface area contributed by atoms with Crippen molar-refractivity contribution in [2.45, 2.75) is 45.2 Å². The Morgan fingerprint density at radius 3 is 2.50 bits per heavy atom. The lowest BCUT2D eigenvalue weighted by atomic mass is 9.63. The van der Waals surface area contributed by atoms with Crippen LogP contribution in [0.15, 0.2) is 72.8 Å². The Morgan fingerprint density at radius 1 is 1.02 bits per heavy atom. The summed E-state index contributed by atoms with van der Waals surface area (Å²) in [5.41, 5.74) is 1.52. The highest BCUT2D eigenvalue weighted by atomic mass is 16.6. The summed E-state index contributed by atoms with van der Waals surface area (Å²) in [6, 6.07) is 17.1. The van der Waals surface area contributed by atoms with E-state index >= 15 is 0 Å². The van der Waals surface area contributed by atoms with E-state index in [9.17, 15) is 24.5 Å². The zero-order chi connectivity index (χ0) is 28.6. The molecule has 4 unspecified atom stereocenters. The topological polar surface area (TPSA) is 110 Å². The molecule has 4 atom stereocenters. The van der Waals surface area contributed by atoms with Crippen LogP contribution < -0.4 is 10.2 Å². The fraction of sp³-hybridized carbons (Fsp3) is 0.281. The highest BCUT2D eigenvalue weighted by Gasteiger charge is 2.70. The fourth-order valence-corrected chi connectivity index (χ4v) is 6.69. The molecule has 40 heavy (non-hydrogen) atoms. The van der Waals surface area contributed by atoms with Gasteiger partial charge in [-0.25, -0.2) is 0 Å². The normalized spacial score (nSPS) is 24.4. The number of amides is 1. The summed E-state index contributed by atoms with van der Waals surface area (Å²) in [5.74, 6) is -2.17. The van der Waals surface area contributed by atoms with Crippen LogP contribution in [0.1, 0.15) is 47.8 Å². The molecule has 6 rings (SSSR count). The largest absolute Gasteiger partial charge is 0.352 e. The molecule has 3 heterocycles. The molecule has 1 spiro atoms.